The maximum absolute atomic E-state index is 12.5. The number of amides is 1. The van der Waals surface area contributed by atoms with Crippen LogP contribution in [0.3, 0.4) is 0 Å². The van der Waals surface area contributed by atoms with Crippen LogP contribution in [0, 0.1) is 0 Å². The summed E-state index contributed by atoms with van der Waals surface area (Å²) in [4.78, 5) is 24.6. The monoisotopic (exact) mass is 414 g/mol. The Morgan fingerprint density at radius 2 is 2.21 bits per heavy atom. The highest BCUT2D eigenvalue weighted by molar-refractivity contribution is 8.14. The van der Waals surface area contributed by atoms with Crippen LogP contribution in [0.2, 0.25) is 5.02 Å². The Bertz CT molecular complexity index is 1110. The van der Waals surface area contributed by atoms with Crippen molar-refractivity contribution in [2.45, 2.75) is 12.5 Å². The minimum Gasteiger partial charge on any atom is -0.454 e. The van der Waals surface area contributed by atoms with Crippen LogP contribution in [0.5, 0.6) is 11.5 Å². The number of hydrogen-bond donors (Lipinski definition) is 2. The van der Waals surface area contributed by atoms with Gasteiger partial charge in [0.2, 0.25) is 12.7 Å². The second-order valence-electron chi connectivity index (χ2n) is 6.43. The second-order valence-corrected chi connectivity index (χ2v) is 7.84. The summed E-state index contributed by atoms with van der Waals surface area (Å²) >= 11 is 7.78. The van der Waals surface area contributed by atoms with E-state index >= 15 is 0 Å². The quantitative estimate of drug-likeness (QED) is 0.685. The molecule has 2 aliphatic rings. The summed E-state index contributed by atoms with van der Waals surface area (Å²) < 4.78 is 10.6. The molecule has 4 heterocycles. The molecule has 1 atom stereocenters. The Hall–Kier alpha value is -2.71. The van der Waals surface area contributed by atoms with Crippen LogP contribution >= 0.6 is 23.4 Å². The zero-order valence-corrected chi connectivity index (χ0v) is 16.1. The molecule has 1 amide bonds. The van der Waals surface area contributed by atoms with Crippen molar-refractivity contribution < 1.29 is 14.3 Å². The number of H-pyrrole nitrogens is 1. The van der Waals surface area contributed by atoms with Crippen LogP contribution in [0.4, 0.5) is 0 Å². The molecule has 9 heteroatoms. The third kappa shape index (κ3) is 3.18. The molecule has 7 nitrogen and oxygen atoms in total. The van der Waals surface area contributed by atoms with Gasteiger partial charge in [-0.1, -0.05) is 23.4 Å². The molecule has 0 radical (unpaired) electrons. The van der Waals surface area contributed by atoms with Crippen molar-refractivity contribution in [1.29, 1.82) is 0 Å². The molecule has 0 aliphatic carbocycles. The number of carbonyl (C=O) groups is 1. The summed E-state index contributed by atoms with van der Waals surface area (Å²) in [6.45, 7) is 0.166. The predicted molar refractivity (Wildman–Crippen MR) is 108 cm³/mol. The van der Waals surface area contributed by atoms with Crippen LogP contribution in [0.15, 0.2) is 41.7 Å². The van der Waals surface area contributed by atoms with Gasteiger partial charge in [-0.3, -0.25) is 9.79 Å². The average Bonchev–Trinajstić information content (AvgIpc) is 3.41. The number of aliphatic imine (C=N–C) groups is 1. The zero-order valence-electron chi connectivity index (χ0n) is 14.6. The third-order valence-electron chi connectivity index (χ3n) is 4.63. The standard InChI is InChI=1S/C19H15ClN4O3S/c20-13-6-16-15(26-9-27-16)4-10(13)5-17(25)24-19-23-14(8-28-19)12-7-22-18-11(12)2-1-3-21-18/h1-4,6-7,14H,5,8-9H2,(H,21,22)(H,23,24,25). The molecular formula is C19H15ClN4O3S. The van der Waals surface area contributed by atoms with Crippen LogP contribution in [-0.4, -0.2) is 33.6 Å². The average molecular weight is 415 g/mol. The van der Waals surface area contributed by atoms with E-state index in [0.717, 1.165) is 22.3 Å². The molecule has 2 N–H and O–H groups in total. The molecule has 0 bridgehead atoms. The Balaban J connectivity index is 1.29. The molecule has 2 aliphatic heterocycles. The molecule has 5 rings (SSSR count). The molecule has 1 aromatic carbocycles. The largest absolute Gasteiger partial charge is 0.454 e. The van der Waals surface area contributed by atoms with Crippen molar-refractivity contribution in [3.05, 3.63) is 52.8 Å². The normalized spacial score (nSPS) is 17.8. The van der Waals surface area contributed by atoms with Crippen molar-refractivity contribution >= 4 is 45.5 Å². The van der Waals surface area contributed by atoms with E-state index < -0.39 is 0 Å². The van der Waals surface area contributed by atoms with Gasteiger partial charge in [0.1, 0.15) is 5.65 Å². The summed E-state index contributed by atoms with van der Waals surface area (Å²) in [5, 5.41) is 5.02. The number of aromatic amines is 1. The van der Waals surface area contributed by atoms with Crippen molar-refractivity contribution in [1.82, 2.24) is 15.3 Å². The van der Waals surface area contributed by atoms with Crippen LogP contribution in [-0.2, 0) is 11.2 Å². The number of fused-ring (bicyclic) bond motifs is 2. The maximum Gasteiger partial charge on any atom is 0.231 e. The third-order valence-corrected chi connectivity index (χ3v) is 5.95. The van der Waals surface area contributed by atoms with Crippen LogP contribution in [0.25, 0.3) is 11.0 Å². The molecule has 28 heavy (non-hydrogen) atoms. The molecule has 0 fully saturated rings. The lowest BCUT2D eigenvalue weighted by molar-refractivity contribution is -0.119. The van der Waals surface area contributed by atoms with E-state index in [4.69, 9.17) is 21.1 Å². The fourth-order valence-electron chi connectivity index (χ4n) is 3.29. The van der Waals surface area contributed by atoms with Crippen molar-refractivity contribution in [2.75, 3.05) is 12.5 Å². The smallest absolute Gasteiger partial charge is 0.231 e. The predicted octanol–water partition coefficient (Wildman–Crippen LogP) is 3.45. The number of rotatable bonds is 3. The number of aromatic nitrogens is 2. The van der Waals surface area contributed by atoms with E-state index in [9.17, 15) is 4.79 Å². The summed E-state index contributed by atoms with van der Waals surface area (Å²) in [6, 6.07) is 7.33. The maximum atomic E-state index is 12.5. The number of benzene rings is 1. The lowest BCUT2D eigenvalue weighted by atomic mass is 10.1. The highest BCUT2D eigenvalue weighted by atomic mass is 35.5. The summed E-state index contributed by atoms with van der Waals surface area (Å²) in [7, 11) is 0. The van der Waals surface area contributed by atoms with Gasteiger partial charge in [-0.05, 0) is 23.8 Å². The number of hydrogen-bond acceptors (Lipinski definition) is 6. The molecule has 1 unspecified atom stereocenters. The van der Waals surface area contributed by atoms with Gasteiger partial charge in [-0.15, -0.1) is 0 Å². The van der Waals surface area contributed by atoms with Crippen molar-refractivity contribution in [3.63, 3.8) is 0 Å². The number of nitrogens with one attached hydrogen (secondary N) is 2. The summed E-state index contributed by atoms with van der Waals surface area (Å²) in [5.74, 6) is 1.80. The first-order valence-corrected chi connectivity index (χ1v) is 10.0. The Kier molecular flexibility index (Phi) is 4.37. The number of amidine groups is 1. The second kappa shape index (κ2) is 7.03. The van der Waals surface area contributed by atoms with Crippen molar-refractivity contribution in [3.8, 4) is 11.5 Å². The van der Waals surface area contributed by atoms with E-state index in [2.05, 4.69) is 20.3 Å². The lowest BCUT2D eigenvalue weighted by Gasteiger charge is -2.07. The Morgan fingerprint density at radius 1 is 1.36 bits per heavy atom. The van der Waals surface area contributed by atoms with Gasteiger partial charge >= 0.3 is 0 Å². The van der Waals surface area contributed by atoms with Gasteiger partial charge in [0, 0.05) is 40.2 Å². The van der Waals surface area contributed by atoms with E-state index in [1.165, 1.54) is 11.8 Å². The van der Waals surface area contributed by atoms with Gasteiger partial charge in [0.15, 0.2) is 16.7 Å². The SMILES string of the molecule is O=C(Cc1cc2c(cc1Cl)OCO2)NC1=NC(c2c[nH]c3ncccc23)CS1. The summed E-state index contributed by atoms with van der Waals surface area (Å²) in [5.41, 5.74) is 2.61. The van der Waals surface area contributed by atoms with E-state index in [1.54, 1.807) is 18.3 Å². The molecule has 0 saturated carbocycles. The van der Waals surface area contributed by atoms with E-state index in [1.807, 2.05) is 18.3 Å². The van der Waals surface area contributed by atoms with Gasteiger partial charge < -0.3 is 19.8 Å². The number of pyridine rings is 1. The number of ether oxygens (including phenoxy) is 2. The van der Waals surface area contributed by atoms with Crippen LogP contribution < -0.4 is 14.8 Å². The number of halogens is 1. The van der Waals surface area contributed by atoms with Crippen molar-refractivity contribution in [2.24, 2.45) is 4.99 Å². The number of thioether (sulfide) groups is 1. The minimum atomic E-state index is -0.173. The van der Waals surface area contributed by atoms with E-state index in [-0.39, 0.29) is 25.2 Å². The van der Waals surface area contributed by atoms with Gasteiger partial charge in [-0.25, -0.2) is 4.98 Å². The molecular weight excluding hydrogens is 400 g/mol. The fraction of sp³-hybridized carbons (Fsp3) is 0.211. The first-order valence-electron chi connectivity index (χ1n) is 8.68. The first-order chi connectivity index (χ1) is 13.7. The highest BCUT2D eigenvalue weighted by Crippen LogP contribution is 2.37. The van der Waals surface area contributed by atoms with Crippen LogP contribution in [0.1, 0.15) is 17.2 Å². The number of carbonyl (C=O) groups excluding carboxylic acids is 1. The van der Waals surface area contributed by atoms with Gasteiger partial charge in [0.05, 0.1) is 12.5 Å². The summed E-state index contributed by atoms with van der Waals surface area (Å²) in [6.07, 6.45) is 3.82. The Labute approximate surface area is 169 Å². The van der Waals surface area contributed by atoms with Gasteiger partial charge in [0.25, 0.3) is 0 Å². The molecule has 3 aromatic rings. The Morgan fingerprint density at radius 3 is 3.11 bits per heavy atom. The number of nitrogens with zero attached hydrogens (tertiary/aromatic N) is 2. The molecule has 2 aromatic heterocycles. The fourth-order valence-corrected chi connectivity index (χ4v) is 4.46. The first kappa shape index (κ1) is 17.4. The topological polar surface area (TPSA) is 88.6 Å². The molecule has 0 saturated heterocycles. The molecule has 0 spiro atoms. The minimum absolute atomic E-state index is 0.0209. The molecule has 142 valence electrons. The van der Waals surface area contributed by atoms with E-state index in [0.29, 0.717) is 27.3 Å². The van der Waals surface area contributed by atoms with Gasteiger partial charge in [-0.2, -0.15) is 0 Å². The lowest BCUT2D eigenvalue weighted by Crippen LogP contribution is -2.28. The zero-order chi connectivity index (χ0) is 19.1. The highest BCUT2D eigenvalue weighted by Gasteiger charge is 2.24.